The Kier molecular flexibility index (Phi) is 5.19. The molecule has 0 spiro atoms. The lowest BCUT2D eigenvalue weighted by Crippen LogP contribution is -2.32. The van der Waals surface area contributed by atoms with Gasteiger partial charge in [0.15, 0.2) is 0 Å². The summed E-state index contributed by atoms with van der Waals surface area (Å²) in [5.74, 6) is -1.36. The van der Waals surface area contributed by atoms with Crippen LogP contribution < -0.4 is 5.32 Å². The van der Waals surface area contributed by atoms with E-state index in [-0.39, 0.29) is 12.2 Å². The number of anilines is 1. The quantitative estimate of drug-likeness (QED) is 0.624. The van der Waals surface area contributed by atoms with Crippen molar-refractivity contribution in [3.63, 3.8) is 0 Å². The van der Waals surface area contributed by atoms with Gasteiger partial charge in [0.1, 0.15) is 11.5 Å². The molecule has 0 radical (unpaired) electrons. The highest BCUT2D eigenvalue weighted by Gasteiger charge is 2.40. The third-order valence-electron chi connectivity index (χ3n) is 5.15. The summed E-state index contributed by atoms with van der Waals surface area (Å²) in [4.78, 5) is 27.7. The van der Waals surface area contributed by atoms with E-state index in [1.54, 1.807) is 18.2 Å². The van der Waals surface area contributed by atoms with Gasteiger partial charge >= 0.3 is 0 Å². The number of amides is 2. The first-order valence-corrected chi connectivity index (χ1v) is 9.69. The Bertz CT molecular complexity index is 1170. The van der Waals surface area contributed by atoms with Gasteiger partial charge in [-0.1, -0.05) is 60.2 Å². The fourth-order valence-corrected chi connectivity index (χ4v) is 3.64. The number of hydrogen-bond acceptors (Lipinski definition) is 3. The first-order valence-electron chi connectivity index (χ1n) is 9.69. The van der Waals surface area contributed by atoms with Gasteiger partial charge < -0.3 is 5.32 Å². The number of benzene rings is 3. The number of imide groups is 1. The molecule has 150 valence electrons. The van der Waals surface area contributed by atoms with E-state index in [1.807, 2.05) is 62.4 Å². The van der Waals surface area contributed by atoms with Crippen LogP contribution in [0.5, 0.6) is 0 Å². The van der Waals surface area contributed by atoms with Crippen LogP contribution in [0.15, 0.2) is 78.5 Å². The van der Waals surface area contributed by atoms with E-state index in [9.17, 15) is 14.0 Å². The van der Waals surface area contributed by atoms with Crippen LogP contribution in [0, 0.1) is 19.7 Å². The van der Waals surface area contributed by atoms with E-state index < -0.39 is 17.6 Å². The Morgan fingerprint density at radius 3 is 2.27 bits per heavy atom. The Balaban J connectivity index is 1.79. The van der Waals surface area contributed by atoms with Gasteiger partial charge in [0.05, 0.1) is 12.1 Å². The average molecular weight is 400 g/mol. The number of nitrogens with zero attached hydrogens (tertiary/aromatic N) is 1. The van der Waals surface area contributed by atoms with E-state index in [0.29, 0.717) is 22.4 Å². The number of hydrogen-bond donors (Lipinski definition) is 1. The first-order chi connectivity index (χ1) is 14.5. The van der Waals surface area contributed by atoms with Crippen molar-refractivity contribution in [1.29, 1.82) is 0 Å². The summed E-state index contributed by atoms with van der Waals surface area (Å²) in [7, 11) is 0. The zero-order chi connectivity index (χ0) is 21.3. The van der Waals surface area contributed by atoms with Crippen LogP contribution in [0.2, 0.25) is 0 Å². The fraction of sp³-hybridized carbons (Fsp3) is 0.120. The lowest BCUT2D eigenvalue weighted by atomic mass is 9.97. The minimum Gasteiger partial charge on any atom is -0.350 e. The van der Waals surface area contributed by atoms with E-state index in [0.717, 1.165) is 16.0 Å². The molecule has 1 heterocycles. The first kappa shape index (κ1) is 19.6. The molecule has 2 amide bonds. The van der Waals surface area contributed by atoms with Crippen LogP contribution in [0.25, 0.3) is 5.57 Å². The van der Waals surface area contributed by atoms with Crippen molar-refractivity contribution in [3.8, 4) is 0 Å². The monoisotopic (exact) mass is 400 g/mol. The van der Waals surface area contributed by atoms with Crippen LogP contribution in [-0.2, 0) is 16.1 Å². The summed E-state index contributed by atoms with van der Waals surface area (Å²) in [5, 5.41) is 3.12. The molecule has 4 nitrogen and oxygen atoms in total. The van der Waals surface area contributed by atoms with Gasteiger partial charge in [0.2, 0.25) is 0 Å². The predicted octanol–water partition coefficient (Wildman–Crippen LogP) is 4.83. The number of para-hydroxylation sites is 1. The number of carbonyl (C=O) groups is 2. The summed E-state index contributed by atoms with van der Waals surface area (Å²) in [6, 6.07) is 21.1. The normalized spacial score (nSPS) is 13.9. The van der Waals surface area contributed by atoms with Gasteiger partial charge in [-0.05, 0) is 43.2 Å². The van der Waals surface area contributed by atoms with Crippen LogP contribution in [-0.4, -0.2) is 16.7 Å². The molecule has 4 rings (SSSR count). The Hall–Kier alpha value is -3.73. The molecule has 0 saturated heterocycles. The second-order valence-electron chi connectivity index (χ2n) is 7.35. The molecule has 0 bridgehead atoms. The predicted molar refractivity (Wildman–Crippen MR) is 115 cm³/mol. The van der Waals surface area contributed by atoms with Gasteiger partial charge in [-0.25, -0.2) is 4.39 Å². The maximum absolute atomic E-state index is 14.2. The van der Waals surface area contributed by atoms with Crippen LogP contribution in [0.3, 0.4) is 0 Å². The molecule has 30 heavy (non-hydrogen) atoms. The SMILES string of the molecule is Cc1ccc(C2=C(Nc3ccccc3)C(=O)N(Cc3ccccc3F)C2=O)c(C)c1. The van der Waals surface area contributed by atoms with Crippen molar-refractivity contribution in [2.24, 2.45) is 0 Å². The maximum Gasteiger partial charge on any atom is 0.278 e. The summed E-state index contributed by atoms with van der Waals surface area (Å²) < 4.78 is 14.2. The number of rotatable bonds is 5. The highest BCUT2D eigenvalue weighted by atomic mass is 19.1. The van der Waals surface area contributed by atoms with E-state index in [2.05, 4.69) is 5.32 Å². The van der Waals surface area contributed by atoms with Crippen LogP contribution >= 0.6 is 0 Å². The molecule has 1 N–H and O–H groups in total. The van der Waals surface area contributed by atoms with Crippen molar-refractivity contribution in [2.45, 2.75) is 20.4 Å². The summed E-state index contributed by atoms with van der Waals surface area (Å²) in [6.07, 6.45) is 0. The van der Waals surface area contributed by atoms with Crippen LogP contribution in [0.4, 0.5) is 10.1 Å². The van der Waals surface area contributed by atoms with Gasteiger partial charge in [-0.15, -0.1) is 0 Å². The number of halogens is 1. The molecule has 0 fully saturated rings. The molecule has 0 saturated carbocycles. The molecule has 1 aliphatic rings. The minimum absolute atomic E-state index is 0.126. The van der Waals surface area contributed by atoms with Crippen molar-refractivity contribution < 1.29 is 14.0 Å². The van der Waals surface area contributed by atoms with Crippen molar-refractivity contribution >= 4 is 23.1 Å². The van der Waals surface area contributed by atoms with Crippen molar-refractivity contribution in [1.82, 2.24) is 4.90 Å². The standard InChI is InChI=1S/C25H21FN2O2/c1-16-12-13-20(17(2)14-16)22-23(27-19-9-4-3-5-10-19)25(30)28(24(22)29)15-18-8-6-7-11-21(18)26/h3-14,27H,15H2,1-2H3. The summed E-state index contributed by atoms with van der Waals surface area (Å²) >= 11 is 0. The van der Waals surface area contributed by atoms with Gasteiger partial charge in [0.25, 0.3) is 11.8 Å². The maximum atomic E-state index is 14.2. The highest BCUT2D eigenvalue weighted by Crippen LogP contribution is 2.33. The molecule has 0 unspecified atom stereocenters. The third kappa shape index (κ3) is 3.62. The van der Waals surface area contributed by atoms with Crippen molar-refractivity contribution in [3.05, 3.63) is 107 Å². The molecule has 0 aliphatic carbocycles. The Morgan fingerprint density at radius 1 is 0.867 bits per heavy atom. The molecule has 1 aliphatic heterocycles. The molecular weight excluding hydrogens is 379 g/mol. The molecule has 5 heteroatoms. The van der Waals surface area contributed by atoms with Crippen LogP contribution in [0.1, 0.15) is 22.3 Å². The molecule has 3 aromatic rings. The Morgan fingerprint density at radius 2 is 1.57 bits per heavy atom. The number of nitrogens with one attached hydrogen (secondary N) is 1. The average Bonchev–Trinajstić information content (AvgIpc) is 2.95. The lowest BCUT2D eigenvalue weighted by Gasteiger charge is -2.16. The molecule has 0 aromatic heterocycles. The van der Waals surface area contributed by atoms with Gasteiger partial charge in [-0.2, -0.15) is 0 Å². The molecule has 3 aromatic carbocycles. The minimum atomic E-state index is -0.470. The zero-order valence-electron chi connectivity index (χ0n) is 16.8. The third-order valence-corrected chi connectivity index (χ3v) is 5.15. The largest absolute Gasteiger partial charge is 0.350 e. The van der Waals surface area contributed by atoms with Gasteiger partial charge in [-0.3, -0.25) is 14.5 Å². The smallest absolute Gasteiger partial charge is 0.278 e. The topological polar surface area (TPSA) is 49.4 Å². The summed E-state index contributed by atoms with van der Waals surface area (Å²) in [6.45, 7) is 3.76. The van der Waals surface area contributed by atoms with Gasteiger partial charge in [0, 0.05) is 11.3 Å². The highest BCUT2D eigenvalue weighted by molar-refractivity contribution is 6.36. The molecular formula is C25H21FN2O2. The van der Waals surface area contributed by atoms with E-state index in [4.69, 9.17) is 0 Å². The van der Waals surface area contributed by atoms with E-state index in [1.165, 1.54) is 6.07 Å². The fourth-order valence-electron chi connectivity index (χ4n) is 3.64. The lowest BCUT2D eigenvalue weighted by molar-refractivity contribution is -0.137. The Labute approximate surface area is 174 Å². The number of aryl methyl sites for hydroxylation is 2. The number of carbonyl (C=O) groups excluding carboxylic acids is 2. The second-order valence-corrected chi connectivity index (χ2v) is 7.35. The zero-order valence-corrected chi connectivity index (χ0v) is 16.8. The second kappa shape index (κ2) is 7.95. The van der Waals surface area contributed by atoms with Crippen molar-refractivity contribution in [2.75, 3.05) is 5.32 Å². The molecule has 0 atom stereocenters. The van der Waals surface area contributed by atoms with E-state index >= 15 is 0 Å². The summed E-state index contributed by atoms with van der Waals surface area (Å²) in [5.41, 5.74) is 4.14.